The highest BCUT2D eigenvalue weighted by Gasteiger charge is 2.16. The van der Waals surface area contributed by atoms with E-state index in [1.54, 1.807) is 0 Å². The number of ether oxygens (including phenoxy) is 1. The first-order valence-corrected chi connectivity index (χ1v) is 9.69. The number of benzene rings is 2. The van der Waals surface area contributed by atoms with Gasteiger partial charge in [0.2, 0.25) is 0 Å². The zero-order valence-corrected chi connectivity index (χ0v) is 16.8. The highest BCUT2D eigenvalue weighted by molar-refractivity contribution is 6.33. The number of nitro groups is 1. The summed E-state index contributed by atoms with van der Waals surface area (Å²) in [7, 11) is 0. The number of carbonyl (C=O) groups is 1. The standard InChI is InChI=1S/C20H23ClN4O4/c1-14-12-24(7-8-29-14)13-16-4-2-3-15(9-16)11-22-20(26)23-19-6-5-17(25(27)28)10-18(19)21/h2-6,9-10,14H,7-8,11-13H2,1H3,(H2,22,23,26). The summed E-state index contributed by atoms with van der Waals surface area (Å²) in [5.74, 6) is 0. The van der Waals surface area contributed by atoms with Gasteiger partial charge in [-0.25, -0.2) is 4.79 Å². The van der Waals surface area contributed by atoms with Crippen LogP contribution in [-0.4, -0.2) is 41.7 Å². The van der Waals surface area contributed by atoms with E-state index in [0.29, 0.717) is 12.2 Å². The molecule has 0 spiro atoms. The first kappa shape index (κ1) is 21.0. The molecular weight excluding hydrogens is 396 g/mol. The van der Waals surface area contributed by atoms with Crippen molar-refractivity contribution in [2.24, 2.45) is 0 Å². The lowest BCUT2D eigenvalue weighted by Crippen LogP contribution is -2.40. The average Bonchev–Trinajstić information content (AvgIpc) is 2.68. The number of nitro benzene ring substituents is 1. The van der Waals surface area contributed by atoms with Crippen molar-refractivity contribution in [1.29, 1.82) is 0 Å². The third kappa shape index (κ3) is 6.15. The molecule has 1 fully saturated rings. The zero-order chi connectivity index (χ0) is 20.8. The maximum atomic E-state index is 12.2. The minimum Gasteiger partial charge on any atom is -0.376 e. The van der Waals surface area contributed by atoms with Gasteiger partial charge < -0.3 is 15.4 Å². The number of nitrogens with one attached hydrogen (secondary N) is 2. The molecule has 1 aliphatic heterocycles. The maximum absolute atomic E-state index is 12.2. The molecular formula is C20H23ClN4O4. The van der Waals surface area contributed by atoms with Gasteiger partial charge in [0, 0.05) is 38.3 Å². The van der Waals surface area contributed by atoms with Crippen LogP contribution in [0, 0.1) is 10.1 Å². The van der Waals surface area contributed by atoms with Crippen molar-refractivity contribution in [3.63, 3.8) is 0 Å². The number of morpholine rings is 1. The molecule has 3 rings (SSSR count). The van der Waals surface area contributed by atoms with Crippen LogP contribution >= 0.6 is 11.6 Å². The molecule has 2 aromatic rings. The van der Waals surface area contributed by atoms with Crippen molar-refractivity contribution >= 4 is 29.0 Å². The molecule has 2 aromatic carbocycles. The molecule has 9 heteroatoms. The Morgan fingerprint density at radius 2 is 2.10 bits per heavy atom. The van der Waals surface area contributed by atoms with Crippen LogP contribution in [0.5, 0.6) is 0 Å². The molecule has 1 aliphatic rings. The lowest BCUT2D eigenvalue weighted by molar-refractivity contribution is -0.384. The number of halogens is 1. The lowest BCUT2D eigenvalue weighted by Gasteiger charge is -2.31. The summed E-state index contributed by atoms with van der Waals surface area (Å²) >= 11 is 6.00. The van der Waals surface area contributed by atoms with Gasteiger partial charge in [0.25, 0.3) is 5.69 Å². The van der Waals surface area contributed by atoms with Crippen molar-refractivity contribution in [2.75, 3.05) is 25.0 Å². The molecule has 29 heavy (non-hydrogen) atoms. The van der Waals surface area contributed by atoms with Gasteiger partial charge in [0.15, 0.2) is 0 Å². The van der Waals surface area contributed by atoms with Crippen molar-refractivity contribution in [3.8, 4) is 0 Å². The molecule has 0 saturated carbocycles. The number of rotatable bonds is 6. The van der Waals surface area contributed by atoms with Gasteiger partial charge in [-0.2, -0.15) is 0 Å². The minimum atomic E-state index is -0.541. The van der Waals surface area contributed by atoms with E-state index >= 15 is 0 Å². The normalized spacial score (nSPS) is 17.0. The Morgan fingerprint density at radius 3 is 2.83 bits per heavy atom. The molecule has 2 N–H and O–H groups in total. The molecule has 1 unspecified atom stereocenters. The second-order valence-electron chi connectivity index (χ2n) is 6.97. The van der Waals surface area contributed by atoms with Gasteiger partial charge in [-0.15, -0.1) is 0 Å². The summed E-state index contributed by atoms with van der Waals surface area (Å²) in [5.41, 5.74) is 2.34. The van der Waals surface area contributed by atoms with Crippen LogP contribution < -0.4 is 10.6 Å². The predicted molar refractivity (Wildman–Crippen MR) is 111 cm³/mol. The number of non-ortho nitro benzene ring substituents is 1. The van der Waals surface area contributed by atoms with Crippen LogP contribution in [0.15, 0.2) is 42.5 Å². The third-order valence-electron chi connectivity index (χ3n) is 4.59. The van der Waals surface area contributed by atoms with Gasteiger partial charge in [0.1, 0.15) is 0 Å². The van der Waals surface area contributed by atoms with Gasteiger partial charge >= 0.3 is 6.03 Å². The summed E-state index contributed by atoms with van der Waals surface area (Å²) in [6.45, 7) is 5.82. The molecule has 1 atom stereocenters. The second-order valence-corrected chi connectivity index (χ2v) is 7.37. The van der Waals surface area contributed by atoms with E-state index in [4.69, 9.17) is 16.3 Å². The summed E-state index contributed by atoms with van der Waals surface area (Å²) in [6, 6.07) is 11.5. The summed E-state index contributed by atoms with van der Waals surface area (Å²) in [4.78, 5) is 24.7. The molecule has 2 amide bonds. The van der Waals surface area contributed by atoms with Crippen LogP contribution in [0.1, 0.15) is 18.1 Å². The van der Waals surface area contributed by atoms with E-state index in [1.165, 1.54) is 23.8 Å². The first-order valence-electron chi connectivity index (χ1n) is 9.31. The first-order chi connectivity index (χ1) is 13.9. The van der Waals surface area contributed by atoms with Crippen molar-refractivity contribution < 1.29 is 14.5 Å². The molecule has 1 saturated heterocycles. The smallest absolute Gasteiger partial charge is 0.319 e. The van der Waals surface area contributed by atoms with E-state index < -0.39 is 11.0 Å². The Morgan fingerprint density at radius 1 is 1.31 bits per heavy atom. The van der Waals surface area contributed by atoms with E-state index in [9.17, 15) is 14.9 Å². The van der Waals surface area contributed by atoms with Crippen LogP contribution in [0.3, 0.4) is 0 Å². The molecule has 154 valence electrons. The number of hydrogen-bond acceptors (Lipinski definition) is 5. The highest BCUT2D eigenvalue weighted by atomic mass is 35.5. The SMILES string of the molecule is CC1CN(Cc2cccc(CNC(=O)Nc3ccc([N+](=O)[O-])cc3Cl)c2)CCO1. The molecule has 0 bridgehead atoms. The van der Waals surface area contributed by atoms with Crippen molar-refractivity contribution in [2.45, 2.75) is 26.1 Å². The average molecular weight is 419 g/mol. The second kappa shape index (κ2) is 9.69. The summed E-state index contributed by atoms with van der Waals surface area (Å²) in [6.07, 6.45) is 0.239. The number of hydrogen-bond donors (Lipinski definition) is 2. The van der Waals surface area contributed by atoms with Crippen LogP contribution in [-0.2, 0) is 17.8 Å². The van der Waals surface area contributed by atoms with E-state index in [1.807, 2.05) is 12.1 Å². The summed E-state index contributed by atoms with van der Waals surface area (Å²) < 4.78 is 5.57. The van der Waals surface area contributed by atoms with Crippen LogP contribution in [0.4, 0.5) is 16.2 Å². The fourth-order valence-corrected chi connectivity index (χ4v) is 3.42. The highest BCUT2D eigenvalue weighted by Crippen LogP contribution is 2.26. The Labute approximate surface area is 173 Å². The fourth-order valence-electron chi connectivity index (χ4n) is 3.20. The molecule has 0 aromatic heterocycles. The van der Waals surface area contributed by atoms with Crippen LogP contribution in [0.2, 0.25) is 5.02 Å². The molecule has 0 aliphatic carbocycles. The van der Waals surface area contributed by atoms with Gasteiger partial charge in [-0.05, 0) is 24.1 Å². The van der Waals surface area contributed by atoms with E-state index in [0.717, 1.165) is 31.8 Å². The largest absolute Gasteiger partial charge is 0.376 e. The molecule has 1 heterocycles. The fraction of sp³-hybridized carbons (Fsp3) is 0.350. The van der Waals surface area contributed by atoms with Crippen molar-refractivity contribution in [3.05, 3.63) is 68.7 Å². The summed E-state index contributed by atoms with van der Waals surface area (Å²) in [5, 5.41) is 16.2. The molecule has 0 radical (unpaired) electrons. The monoisotopic (exact) mass is 418 g/mol. The third-order valence-corrected chi connectivity index (χ3v) is 4.90. The van der Waals surface area contributed by atoms with E-state index in [2.05, 4.69) is 34.6 Å². The van der Waals surface area contributed by atoms with Crippen LogP contribution in [0.25, 0.3) is 0 Å². The van der Waals surface area contributed by atoms with E-state index in [-0.39, 0.29) is 16.8 Å². The number of nitrogens with zero attached hydrogens (tertiary/aromatic N) is 2. The lowest BCUT2D eigenvalue weighted by atomic mass is 10.1. The minimum absolute atomic E-state index is 0.107. The quantitative estimate of drug-likeness (QED) is 0.549. The molecule has 8 nitrogen and oxygen atoms in total. The number of amides is 2. The predicted octanol–water partition coefficient (Wildman–Crippen LogP) is 3.79. The van der Waals surface area contributed by atoms with Crippen molar-refractivity contribution in [1.82, 2.24) is 10.2 Å². The van der Waals surface area contributed by atoms with Gasteiger partial charge in [-0.3, -0.25) is 15.0 Å². The number of carbonyl (C=O) groups excluding carboxylic acids is 1. The number of anilines is 1. The van der Waals surface area contributed by atoms with Gasteiger partial charge in [-0.1, -0.05) is 35.9 Å². The number of urea groups is 1. The maximum Gasteiger partial charge on any atom is 0.319 e. The van der Waals surface area contributed by atoms with Gasteiger partial charge in [0.05, 0.1) is 28.3 Å². The zero-order valence-electron chi connectivity index (χ0n) is 16.1. The Hall–Kier alpha value is -2.68. The Balaban J connectivity index is 1.53. The topological polar surface area (TPSA) is 96.7 Å². The Kier molecular flexibility index (Phi) is 7.03. The Bertz CT molecular complexity index is 893.